The summed E-state index contributed by atoms with van der Waals surface area (Å²) in [5.41, 5.74) is 1.68. The summed E-state index contributed by atoms with van der Waals surface area (Å²) in [6, 6.07) is 2.45. The third-order valence-corrected chi connectivity index (χ3v) is 4.85. The molecule has 0 spiro atoms. The molecule has 8 heteroatoms. The van der Waals surface area contributed by atoms with Crippen molar-refractivity contribution in [3.8, 4) is 11.3 Å². The molecule has 6 rings (SSSR count). The maximum absolute atomic E-state index is 12.1. The van der Waals surface area contributed by atoms with Gasteiger partial charge in [0.15, 0.2) is 5.65 Å². The van der Waals surface area contributed by atoms with Crippen LogP contribution in [0, 0.1) is 5.92 Å². The maximum Gasteiger partial charge on any atom is 0.325 e. The number of nitrogens with one attached hydrogen (secondary N) is 2. The average Bonchev–Trinajstić information content (AvgIpc) is 3.20. The van der Waals surface area contributed by atoms with Gasteiger partial charge in [-0.3, -0.25) is 9.78 Å². The number of H-pyrrole nitrogens is 2. The molecular formula is C15H14N6O2. The first kappa shape index (κ1) is 12.6. The summed E-state index contributed by atoms with van der Waals surface area (Å²) >= 11 is 0. The van der Waals surface area contributed by atoms with E-state index in [4.69, 9.17) is 0 Å². The Labute approximate surface area is 129 Å². The Hall–Kier alpha value is -2.90. The van der Waals surface area contributed by atoms with Crippen LogP contribution in [0.25, 0.3) is 16.9 Å². The molecule has 3 aromatic heterocycles. The number of hydrogen-bond donors (Lipinski definition) is 2. The first-order valence-electron chi connectivity index (χ1n) is 7.62. The number of aromatic nitrogens is 5. The van der Waals surface area contributed by atoms with E-state index in [0.29, 0.717) is 17.3 Å². The van der Waals surface area contributed by atoms with Gasteiger partial charge in [-0.05, 0) is 24.8 Å². The topological polar surface area (TPSA) is 99.2 Å². The van der Waals surface area contributed by atoms with Gasteiger partial charge in [-0.2, -0.15) is 5.10 Å². The molecule has 0 unspecified atom stereocenters. The highest BCUT2D eigenvalue weighted by atomic mass is 16.2. The smallest absolute Gasteiger partial charge is 0.325 e. The SMILES string of the molecule is O=c1[nH]cc(-c2cc(N3CC4CC3C4)c3nccn3n2)c(=O)[nH]1. The monoisotopic (exact) mass is 310 g/mol. The molecule has 23 heavy (non-hydrogen) atoms. The Morgan fingerprint density at radius 1 is 1.26 bits per heavy atom. The van der Waals surface area contributed by atoms with Crippen molar-refractivity contribution in [2.75, 3.05) is 11.4 Å². The number of nitrogens with zero attached hydrogens (tertiary/aromatic N) is 4. The highest BCUT2D eigenvalue weighted by molar-refractivity contribution is 5.75. The summed E-state index contributed by atoms with van der Waals surface area (Å²) < 4.78 is 1.69. The van der Waals surface area contributed by atoms with E-state index in [1.165, 1.54) is 19.0 Å². The Morgan fingerprint density at radius 2 is 2.13 bits per heavy atom. The second-order valence-electron chi connectivity index (χ2n) is 6.24. The number of imidazole rings is 1. The van der Waals surface area contributed by atoms with E-state index in [-0.39, 0.29) is 0 Å². The molecule has 2 N–H and O–H groups in total. The fourth-order valence-electron chi connectivity index (χ4n) is 3.67. The maximum atomic E-state index is 12.1. The quantitative estimate of drug-likeness (QED) is 0.712. The second-order valence-corrected chi connectivity index (χ2v) is 6.24. The zero-order valence-corrected chi connectivity index (χ0v) is 12.2. The Morgan fingerprint density at radius 3 is 2.87 bits per heavy atom. The lowest BCUT2D eigenvalue weighted by atomic mass is 9.86. The van der Waals surface area contributed by atoms with Crippen molar-refractivity contribution in [1.29, 1.82) is 0 Å². The van der Waals surface area contributed by atoms with Gasteiger partial charge in [0.25, 0.3) is 5.56 Å². The number of aromatic amines is 2. The van der Waals surface area contributed by atoms with E-state index >= 15 is 0 Å². The molecule has 1 aliphatic carbocycles. The van der Waals surface area contributed by atoms with E-state index in [1.54, 1.807) is 16.9 Å². The summed E-state index contributed by atoms with van der Waals surface area (Å²) in [7, 11) is 0. The molecule has 3 aromatic rings. The van der Waals surface area contributed by atoms with Crippen LogP contribution in [0.15, 0.2) is 34.2 Å². The van der Waals surface area contributed by atoms with Crippen molar-refractivity contribution in [3.05, 3.63) is 45.5 Å². The minimum absolute atomic E-state index is 0.341. The Bertz CT molecular complexity index is 1030. The Kier molecular flexibility index (Phi) is 2.37. The van der Waals surface area contributed by atoms with E-state index in [1.807, 2.05) is 6.07 Å². The summed E-state index contributed by atoms with van der Waals surface area (Å²) in [4.78, 5) is 34.8. The lowest BCUT2D eigenvalue weighted by molar-refractivity contribution is 0.381. The molecule has 3 aliphatic rings. The molecule has 5 heterocycles. The molecule has 0 radical (unpaired) electrons. The second kappa shape index (κ2) is 4.31. The van der Waals surface area contributed by atoms with Crippen LogP contribution in [0.1, 0.15) is 12.8 Å². The molecule has 2 aliphatic heterocycles. The van der Waals surface area contributed by atoms with Crippen molar-refractivity contribution in [2.24, 2.45) is 5.92 Å². The van der Waals surface area contributed by atoms with Crippen LogP contribution in [0.3, 0.4) is 0 Å². The predicted molar refractivity (Wildman–Crippen MR) is 83.5 cm³/mol. The lowest BCUT2D eigenvalue weighted by Gasteiger charge is -2.27. The molecular weight excluding hydrogens is 296 g/mol. The van der Waals surface area contributed by atoms with E-state index in [2.05, 4.69) is 25.0 Å². The average molecular weight is 310 g/mol. The van der Waals surface area contributed by atoms with Gasteiger partial charge in [-0.15, -0.1) is 0 Å². The van der Waals surface area contributed by atoms with E-state index < -0.39 is 11.2 Å². The van der Waals surface area contributed by atoms with Crippen LogP contribution in [-0.4, -0.2) is 37.2 Å². The van der Waals surface area contributed by atoms with Crippen molar-refractivity contribution in [3.63, 3.8) is 0 Å². The highest BCUT2D eigenvalue weighted by Crippen LogP contribution is 2.44. The van der Waals surface area contributed by atoms with Gasteiger partial charge in [0.05, 0.1) is 11.3 Å². The number of anilines is 1. The predicted octanol–water partition coefficient (Wildman–Crippen LogP) is 0.371. The summed E-state index contributed by atoms with van der Waals surface area (Å²) in [5, 5.41) is 4.45. The van der Waals surface area contributed by atoms with Gasteiger partial charge in [-0.25, -0.2) is 14.3 Å². The third-order valence-electron chi connectivity index (χ3n) is 4.85. The molecule has 8 nitrogen and oxygen atoms in total. The van der Waals surface area contributed by atoms with E-state index in [0.717, 1.165) is 23.8 Å². The zero-order valence-electron chi connectivity index (χ0n) is 12.2. The van der Waals surface area contributed by atoms with Gasteiger partial charge < -0.3 is 9.88 Å². The summed E-state index contributed by atoms with van der Waals surface area (Å²) in [5.74, 6) is 0.767. The van der Waals surface area contributed by atoms with Crippen molar-refractivity contribution >= 4 is 11.3 Å². The molecule has 0 aromatic carbocycles. The van der Waals surface area contributed by atoms with Gasteiger partial charge in [0, 0.05) is 31.2 Å². The zero-order chi connectivity index (χ0) is 15.6. The van der Waals surface area contributed by atoms with Crippen LogP contribution in [0.5, 0.6) is 0 Å². The molecule has 0 atom stereocenters. The highest BCUT2D eigenvalue weighted by Gasteiger charge is 2.43. The number of rotatable bonds is 2. The molecule has 0 amide bonds. The number of fused-ring (bicyclic) bond motifs is 2. The summed E-state index contributed by atoms with van der Waals surface area (Å²) in [6.45, 7) is 1.03. The first-order valence-corrected chi connectivity index (χ1v) is 7.62. The fourth-order valence-corrected chi connectivity index (χ4v) is 3.67. The van der Waals surface area contributed by atoms with Crippen molar-refractivity contribution in [2.45, 2.75) is 18.9 Å². The Balaban J connectivity index is 1.73. The van der Waals surface area contributed by atoms with Crippen LogP contribution < -0.4 is 16.1 Å². The molecule has 2 saturated heterocycles. The first-order chi connectivity index (χ1) is 11.2. The molecule has 2 bridgehead atoms. The van der Waals surface area contributed by atoms with Crippen molar-refractivity contribution in [1.82, 2.24) is 24.6 Å². The van der Waals surface area contributed by atoms with Gasteiger partial charge in [-0.1, -0.05) is 0 Å². The normalized spacial score (nSPS) is 22.5. The van der Waals surface area contributed by atoms with Gasteiger partial charge in [0.1, 0.15) is 5.69 Å². The van der Waals surface area contributed by atoms with Crippen LogP contribution in [0.4, 0.5) is 5.69 Å². The third kappa shape index (κ3) is 1.77. The lowest BCUT2D eigenvalue weighted by Crippen LogP contribution is -2.29. The van der Waals surface area contributed by atoms with Gasteiger partial charge >= 0.3 is 5.69 Å². The van der Waals surface area contributed by atoms with Crippen LogP contribution >= 0.6 is 0 Å². The number of hydrogen-bond acceptors (Lipinski definition) is 5. The van der Waals surface area contributed by atoms with E-state index in [9.17, 15) is 9.59 Å². The minimum Gasteiger partial charge on any atom is -0.365 e. The minimum atomic E-state index is -0.525. The standard InChI is InChI=1S/C15H14N6O2/c22-14-10(6-17-15(23)18-14)11-5-12(13-16-1-2-21(13)19-11)20-7-8-3-9(20)4-8/h1-2,5-6,8-9H,3-4,7H2,(H2,17,18,22,23). The van der Waals surface area contributed by atoms with Gasteiger partial charge in [0.2, 0.25) is 0 Å². The molecule has 1 saturated carbocycles. The van der Waals surface area contributed by atoms with Crippen LogP contribution in [-0.2, 0) is 0 Å². The largest absolute Gasteiger partial charge is 0.365 e. The molecule has 116 valence electrons. The van der Waals surface area contributed by atoms with Crippen molar-refractivity contribution < 1.29 is 0 Å². The van der Waals surface area contributed by atoms with Crippen LogP contribution in [0.2, 0.25) is 0 Å². The fraction of sp³-hybridized carbons (Fsp3) is 0.333. The summed E-state index contributed by atoms with van der Waals surface area (Å²) in [6.07, 6.45) is 7.32. The molecule has 3 fully saturated rings.